The van der Waals surface area contributed by atoms with Crippen molar-refractivity contribution in [3.63, 3.8) is 0 Å². The monoisotopic (exact) mass is 429 g/mol. The zero-order chi connectivity index (χ0) is 22.2. The number of halogens is 1. The highest BCUT2D eigenvalue weighted by molar-refractivity contribution is 5.75. The summed E-state index contributed by atoms with van der Waals surface area (Å²) in [5.74, 6) is -0.370. The first-order chi connectivity index (χ1) is 15.0. The molecule has 1 fully saturated rings. The summed E-state index contributed by atoms with van der Waals surface area (Å²) in [6.45, 7) is 2.55. The summed E-state index contributed by atoms with van der Waals surface area (Å²) in [5.41, 5.74) is 2.57. The fraction of sp³-hybridized carbons (Fsp3) is 0.577. The maximum absolute atomic E-state index is 14.6. The van der Waals surface area contributed by atoms with Crippen LogP contribution in [-0.4, -0.2) is 41.0 Å². The predicted octanol–water partition coefficient (Wildman–Crippen LogP) is 3.91. The summed E-state index contributed by atoms with van der Waals surface area (Å²) < 4.78 is 14.6. The molecule has 3 N–H and O–H groups in total. The van der Waals surface area contributed by atoms with Gasteiger partial charge in [-0.2, -0.15) is 0 Å². The third-order valence-electron chi connectivity index (χ3n) is 6.69. The number of aliphatic hydroxyl groups is 2. The van der Waals surface area contributed by atoms with Crippen LogP contribution in [0.4, 0.5) is 4.39 Å². The van der Waals surface area contributed by atoms with Crippen molar-refractivity contribution >= 4 is 5.91 Å². The van der Waals surface area contributed by atoms with Crippen molar-refractivity contribution < 1.29 is 19.4 Å². The molecule has 2 aliphatic rings. The lowest BCUT2D eigenvalue weighted by molar-refractivity contribution is -0.121. The van der Waals surface area contributed by atoms with Crippen molar-refractivity contribution in [1.82, 2.24) is 5.32 Å². The maximum Gasteiger partial charge on any atom is 0.219 e. The Morgan fingerprint density at radius 2 is 1.97 bits per heavy atom. The molecule has 1 aromatic carbocycles. The van der Waals surface area contributed by atoms with E-state index in [-0.39, 0.29) is 30.1 Å². The number of alkyl halides is 1. The van der Waals surface area contributed by atoms with Crippen LogP contribution in [0.2, 0.25) is 0 Å². The third-order valence-corrected chi connectivity index (χ3v) is 6.69. The number of hydrogen-bond acceptors (Lipinski definition) is 3. The number of hydrogen-bond donors (Lipinski definition) is 3. The van der Waals surface area contributed by atoms with Crippen LogP contribution in [0.5, 0.6) is 0 Å². The van der Waals surface area contributed by atoms with Crippen LogP contribution >= 0.6 is 0 Å². The molecular formula is C26H36FNO3. The summed E-state index contributed by atoms with van der Waals surface area (Å²) in [6, 6.07) is 8.26. The third kappa shape index (κ3) is 6.50. The minimum absolute atomic E-state index is 0.0662. The van der Waals surface area contributed by atoms with E-state index in [4.69, 9.17) is 0 Å². The van der Waals surface area contributed by atoms with Gasteiger partial charge in [0, 0.05) is 25.3 Å². The molecule has 0 heterocycles. The first-order valence-electron chi connectivity index (χ1n) is 11.7. The molecule has 2 aliphatic carbocycles. The van der Waals surface area contributed by atoms with Crippen molar-refractivity contribution in [2.75, 3.05) is 6.54 Å². The van der Waals surface area contributed by atoms with Gasteiger partial charge >= 0.3 is 0 Å². The van der Waals surface area contributed by atoms with Crippen molar-refractivity contribution in [1.29, 1.82) is 0 Å². The molecule has 31 heavy (non-hydrogen) atoms. The molecule has 1 amide bonds. The lowest BCUT2D eigenvalue weighted by atomic mass is 9.89. The number of aliphatic hydroxyl groups excluding tert-OH is 2. The highest BCUT2D eigenvalue weighted by Gasteiger charge is 2.40. The topological polar surface area (TPSA) is 69.6 Å². The molecule has 1 aromatic rings. The summed E-state index contributed by atoms with van der Waals surface area (Å²) in [7, 11) is 0. The molecule has 0 spiro atoms. The van der Waals surface area contributed by atoms with Gasteiger partial charge in [-0.25, -0.2) is 4.39 Å². The van der Waals surface area contributed by atoms with E-state index in [0.29, 0.717) is 19.4 Å². The fourth-order valence-electron chi connectivity index (χ4n) is 4.94. The van der Waals surface area contributed by atoms with Gasteiger partial charge in [-0.05, 0) is 62.0 Å². The lowest BCUT2D eigenvalue weighted by Crippen LogP contribution is -2.22. The van der Waals surface area contributed by atoms with E-state index < -0.39 is 18.4 Å². The van der Waals surface area contributed by atoms with Crippen LogP contribution in [0.3, 0.4) is 0 Å². The average Bonchev–Trinajstić information content (AvgIpc) is 3.29. The number of rotatable bonds is 10. The van der Waals surface area contributed by atoms with E-state index in [1.807, 2.05) is 31.2 Å². The van der Waals surface area contributed by atoms with Gasteiger partial charge in [-0.15, -0.1) is 0 Å². The largest absolute Gasteiger partial charge is 0.393 e. The Balaban J connectivity index is 1.48. The number of fused-ring (bicyclic) bond motifs is 1. The Labute approximate surface area is 185 Å². The van der Waals surface area contributed by atoms with E-state index in [2.05, 4.69) is 17.4 Å². The van der Waals surface area contributed by atoms with Crippen LogP contribution in [-0.2, 0) is 17.6 Å². The highest BCUT2D eigenvalue weighted by atomic mass is 19.1. The van der Waals surface area contributed by atoms with Crippen molar-refractivity contribution in [2.45, 2.75) is 70.2 Å². The molecule has 3 rings (SSSR count). The Morgan fingerprint density at radius 3 is 2.65 bits per heavy atom. The number of benzene rings is 1. The molecule has 170 valence electrons. The van der Waals surface area contributed by atoms with Gasteiger partial charge in [-0.1, -0.05) is 48.6 Å². The zero-order valence-corrected chi connectivity index (χ0v) is 18.4. The second-order valence-corrected chi connectivity index (χ2v) is 8.93. The summed E-state index contributed by atoms with van der Waals surface area (Å²) in [5, 5.41) is 23.8. The summed E-state index contributed by atoms with van der Waals surface area (Å²) >= 11 is 0. The van der Waals surface area contributed by atoms with Gasteiger partial charge in [0.25, 0.3) is 0 Å². The molecule has 0 bridgehead atoms. The predicted molar refractivity (Wildman–Crippen MR) is 121 cm³/mol. The molecule has 0 saturated heterocycles. The number of amides is 1. The van der Waals surface area contributed by atoms with Crippen LogP contribution in [0, 0.1) is 17.8 Å². The second-order valence-electron chi connectivity index (χ2n) is 8.93. The first kappa shape index (κ1) is 23.7. The average molecular weight is 430 g/mol. The molecular weight excluding hydrogens is 393 g/mol. The molecule has 5 heteroatoms. The van der Waals surface area contributed by atoms with Gasteiger partial charge < -0.3 is 15.5 Å². The molecule has 5 atom stereocenters. The van der Waals surface area contributed by atoms with E-state index >= 15 is 0 Å². The Morgan fingerprint density at radius 1 is 1.26 bits per heavy atom. The van der Waals surface area contributed by atoms with Crippen LogP contribution in [0.15, 0.2) is 48.6 Å². The SMILES string of the molecule is CCNC(=O)CCCC=CCC1C(O)CC(F)C1C=CC(O)C1Cc2ccccc2C1. The number of carbonyl (C=O) groups excluding carboxylic acids is 1. The van der Waals surface area contributed by atoms with Gasteiger partial charge in [0.2, 0.25) is 5.91 Å². The van der Waals surface area contributed by atoms with Crippen LogP contribution in [0.1, 0.15) is 50.2 Å². The molecule has 0 aliphatic heterocycles. The zero-order valence-electron chi connectivity index (χ0n) is 18.4. The van der Waals surface area contributed by atoms with Crippen LogP contribution < -0.4 is 5.32 Å². The lowest BCUT2D eigenvalue weighted by Gasteiger charge is -2.20. The van der Waals surface area contributed by atoms with E-state index in [9.17, 15) is 19.4 Å². The standard InChI is InChI=1S/C26H36FNO3/c1-2-28-26(31)12-6-4-3-5-11-22-21(23(27)17-25(22)30)13-14-24(29)20-15-18-9-7-8-10-19(18)16-20/h3,5,7-10,13-14,20-25,29-30H,2,4,6,11-12,15-17H2,1H3,(H,28,31). The molecule has 0 radical (unpaired) electrons. The Kier molecular flexibility index (Phi) is 8.85. The van der Waals surface area contributed by atoms with Crippen molar-refractivity contribution in [2.24, 2.45) is 17.8 Å². The minimum atomic E-state index is -1.09. The highest BCUT2D eigenvalue weighted by Crippen LogP contribution is 2.38. The quantitative estimate of drug-likeness (QED) is 0.390. The molecule has 5 unspecified atom stereocenters. The minimum Gasteiger partial charge on any atom is -0.393 e. The Hall–Kier alpha value is -1.98. The number of allylic oxidation sites excluding steroid dienone is 3. The molecule has 4 nitrogen and oxygen atoms in total. The Bertz CT molecular complexity index is 753. The number of carbonyl (C=O) groups is 1. The van der Waals surface area contributed by atoms with E-state index in [1.54, 1.807) is 12.2 Å². The second kappa shape index (κ2) is 11.6. The molecule has 0 aromatic heterocycles. The maximum atomic E-state index is 14.6. The normalized spacial score (nSPS) is 27.2. The first-order valence-corrected chi connectivity index (χ1v) is 11.7. The van der Waals surface area contributed by atoms with E-state index in [1.165, 1.54) is 11.1 Å². The van der Waals surface area contributed by atoms with Gasteiger partial charge in [-0.3, -0.25) is 4.79 Å². The van der Waals surface area contributed by atoms with Gasteiger partial charge in [0.15, 0.2) is 0 Å². The van der Waals surface area contributed by atoms with Crippen molar-refractivity contribution in [3.05, 3.63) is 59.7 Å². The molecule has 1 saturated carbocycles. The number of nitrogens with one attached hydrogen (secondary N) is 1. The van der Waals surface area contributed by atoms with Gasteiger partial charge in [0.1, 0.15) is 6.17 Å². The van der Waals surface area contributed by atoms with Crippen LogP contribution in [0.25, 0.3) is 0 Å². The van der Waals surface area contributed by atoms with Gasteiger partial charge in [0.05, 0.1) is 12.2 Å². The summed E-state index contributed by atoms with van der Waals surface area (Å²) in [6.07, 6.45) is 9.70. The fourth-order valence-corrected chi connectivity index (χ4v) is 4.94. The number of unbranched alkanes of at least 4 members (excludes halogenated alkanes) is 1. The van der Waals surface area contributed by atoms with Crippen molar-refractivity contribution in [3.8, 4) is 0 Å². The summed E-state index contributed by atoms with van der Waals surface area (Å²) in [4.78, 5) is 11.5. The smallest absolute Gasteiger partial charge is 0.219 e. The van der Waals surface area contributed by atoms with E-state index in [0.717, 1.165) is 25.7 Å².